The zero-order valence-electron chi connectivity index (χ0n) is 22.6. The Morgan fingerprint density at radius 2 is 1.47 bits per heavy atom. The Balaban J connectivity index is 0.000000197. The summed E-state index contributed by atoms with van der Waals surface area (Å²) in [7, 11) is 0. The lowest BCUT2D eigenvalue weighted by Gasteiger charge is -2.22. The van der Waals surface area contributed by atoms with Crippen molar-refractivity contribution in [3.8, 4) is 0 Å². The van der Waals surface area contributed by atoms with Crippen molar-refractivity contribution < 1.29 is 28.3 Å². The molecule has 2 aromatic carbocycles. The van der Waals surface area contributed by atoms with Crippen LogP contribution in [0.2, 0.25) is 10.3 Å². The van der Waals surface area contributed by atoms with Gasteiger partial charge in [-0.3, -0.25) is 14.4 Å². The number of hydrogen-bond acceptors (Lipinski definition) is 5. The van der Waals surface area contributed by atoms with Gasteiger partial charge in [0.05, 0.1) is 11.6 Å². The Bertz CT molecular complexity index is 1660. The Morgan fingerprint density at radius 3 is 2.07 bits per heavy atom. The highest BCUT2D eigenvalue weighted by atomic mass is 35.5. The van der Waals surface area contributed by atoms with Gasteiger partial charge in [0.25, 0.3) is 0 Å². The second-order valence-corrected chi connectivity index (χ2v) is 10.2. The smallest absolute Gasteiger partial charge is 0.303 e. The molecule has 1 aliphatic rings. The summed E-state index contributed by atoms with van der Waals surface area (Å²) in [5, 5.41) is 12.3. The molecule has 220 valence electrons. The zero-order valence-corrected chi connectivity index (χ0v) is 24.1. The number of nitrogens with zero attached hydrogens (tertiary/aromatic N) is 2. The van der Waals surface area contributed by atoms with Crippen LogP contribution in [0.4, 0.5) is 8.78 Å². The van der Waals surface area contributed by atoms with E-state index >= 15 is 0 Å². The summed E-state index contributed by atoms with van der Waals surface area (Å²) in [6.45, 7) is 0. The second-order valence-electron chi connectivity index (χ2n) is 9.49. The van der Waals surface area contributed by atoms with Crippen LogP contribution in [-0.4, -0.2) is 32.7 Å². The number of carbonyl (C=O) groups excluding carboxylic acids is 2. The van der Waals surface area contributed by atoms with Gasteiger partial charge in [-0.15, -0.1) is 0 Å². The van der Waals surface area contributed by atoms with Gasteiger partial charge in [0.2, 0.25) is 5.91 Å². The number of Topliss-reactive ketones (excluding diaryl/α,β-unsaturated/α-hetero) is 1. The lowest BCUT2D eigenvalue weighted by atomic mass is 9.88. The minimum Gasteiger partial charge on any atom is -0.481 e. The monoisotopic (exact) mass is 623 g/mol. The summed E-state index contributed by atoms with van der Waals surface area (Å²) in [5.74, 6) is -2.87. The number of benzene rings is 2. The van der Waals surface area contributed by atoms with Crippen LogP contribution >= 0.6 is 23.2 Å². The van der Waals surface area contributed by atoms with Gasteiger partial charge in [-0.05, 0) is 84.6 Å². The average Bonchev–Trinajstić information content (AvgIpc) is 2.99. The first-order valence-electron chi connectivity index (χ1n) is 13.2. The molecule has 0 fully saturated rings. The molecule has 0 radical (unpaired) electrons. The van der Waals surface area contributed by atoms with Crippen LogP contribution in [-0.2, 0) is 9.59 Å². The van der Waals surface area contributed by atoms with Crippen molar-refractivity contribution in [2.24, 2.45) is 0 Å². The highest BCUT2D eigenvalue weighted by Crippen LogP contribution is 2.34. The number of aromatic nitrogens is 2. The number of amides is 1. The van der Waals surface area contributed by atoms with Crippen LogP contribution in [0.25, 0.3) is 11.3 Å². The predicted octanol–water partition coefficient (Wildman–Crippen LogP) is 7.36. The second kappa shape index (κ2) is 14.6. The molecule has 2 aromatic heterocycles. The SMILES string of the molecule is O=C(O)CCC(C(=O)c1ccc(F)cc1)c1cccnc1Cl.O=C1CCC(c2cccnc2Cl)=C(c2ccc(F)cc2)N1. The maximum atomic E-state index is 13.1. The molecule has 5 rings (SSSR count). The van der Waals surface area contributed by atoms with Crippen LogP contribution < -0.4 is 5.32 Å². The molecule has 0 saturated carbocycles. The van der Waals surface area contributed by atoms with Crippen LogP contribution in [0, 0.1) is 11.6 Å². The number of hydrogen-bond donors (Lipinski definition) is 2. The van der Waals surface area contributed by atoms with Crippen molar-refractivity contribution >= 4 is 52.1 Å². The molecule has 4 aromatic rings. The van der Waals surface area contributed by atoms with E-state index in [9.17, 15) is 23.2 Å². The van der Waals surface area contributed by atoms with E-state index in [0.717, 1.165) is 16.7 Å². The zero-order chi connectivity index (χ0) is 30.9. The first-order valence-corrected chi connectivity index (χ1v) is 13.9. The molecule has 1 amide bonds. The first kappa shape index (κ1) is 31.5. The van der Waals surface area contributed by atoms with Crippen LogP contribution in [0.15, 0.2) is 85.2 Å². The number of carboxylic acid groups (broad SMARTS) is 1. The maximum absolute atomic E-state index is 13.1. The van der Waals surface area contributed by atoms with Gasteiger partial charge in [0.1, 0.15) is 21.9 Å². The van der Waals surface area contributed by atoms with E-state index in [-0.39, 0.29) is 35.5 Å². The lowest BCUT2D eigenvalue weighted by molar-refractivity contribution is -0.137. The van der Waals surface area contributed by atoms with Gasteiger partial charge in [-0.25, -0.2) is 18.7 Å². The molecule has 3 heterocycles. The fourth-order valence-corrected chi connectivity index (χ4v) is 5.04. The summed E-state index contributed by atoms with van der Waals surface area (Å²) in [4.78, 5) is 43.1. The molecule has 1 atom stereocenters. The molecule has 0 bridgehead atoms. The Hall–Kier alpha value is -4.47. The van der Waals surface area contributed by atoms with E-state index in [1.165, 1.54) is 42.6 Å². The molecule has 43 heavy (non-hydrogen) atoms. The van der Waals surface area contributed by atoms with Crippen LogP contribution in [0.3, 0.4) is 0 Å². The van der Waals surface area contributed by atoms with Crippen molar-refractivity contribution in [2.45, 2.75) is 31.6 Å². The summed E-state index contributed by atoms with van der Waals surface area (Å²) in [6, 6.07) is 18.1. The summed E-state index contributed by atoms with van der Waals surface area (Å²) in [6.07, 6.45) is 3.99. The van der Waals surface area contributed by atoms with Crippen molar-refractivity contribution in [3.05, 3.63) is 129 Å². The first-order chi connectivity index (χ1) is 20.6. The van der Waals surface area contributed by atoms with Crippen LogP contribution in [0.5, 0.6) is 0 Å². The van der Waals surface area contributed by atoms with Crippen LogP contribution in [0.1, 0.15) is 58.6 Å². The lowest BCUT2D eigenvalue weighted by Crippen LogP contribution is -2.26. The number of carboxylic acids is 1. The fourth-order valence-electron chi connectivity index (χ4n) is 4.55. The van der Waals surface area contributed by atoms with E-state index in [1.807, 2.05) is 6.07 Å². The molecule has 11 heteroatoms. The largest absolute Gasteiger partial charge is 0.481 e. The Morgan fingerprint density at radius 1 is 0.860 bits per heavy atom. The molecule has 0 saturated heterocycles. The third kappa shape index (κ3) is 8.30. The predicted molar refractivity (Wildman–Crippen MR) is 159 cm³/mol. The number of nitrogens with one attached hydrogen (secondary N) is 1. The topological polar surface area (TPSA) is 109 Å². The van der Waals surface area contributed by atoms with E-state index in [4.69, 9.17) is 28.3 Å². The number of ketones is 1. The Labute approximate surface area is 256 Å². The van der Waals surface area contributed by atoms with E-state index in [0.29, 0.717) is 34.8 Å². The minimum absolute atomic E-state index is 0.0573. The number of allylic oxidation sites excluding steroid dienone is 1. The van der Waals surface area contributed by atoms with Gasteiger partial charge in [0, 0.05) is 41.9 Å². The van der Waals surface area contributed by atoms with Gasteiger partial charge in [0.15, 0.2) is 5.78 Å². The van der Waals surface area contributed by atoms with Crippen molar-refractivity contribution in [2.75, 3.05) is 0 Å². The molecule has 1 unspecified atom stereocenters. The number of rotatable bonds is 8. The van der Waals surface area contributed by atoms with Gasteiger partial charge in [-0.1, -0.05) is 35.3 Å². The molecule has 0 aliphatic carbocycles. The highest BCUT2D eigenvalue weighted by Gasteiger charge is 2.25. The van der Waals surface area contributed by atoms with E-state index < -0.39 is 17.7 Å². The van der Waals surface area contributed by atoms with Gasteiger partial charge < -0.3 is 10.4 Å². The maximum Gasteiger partial charge on any atom is 0.303 e. The van der Waals surface area contributed by atoms with Crippen molar-refractivity contribution in [1.82, 2.24) is 15.3 Å². The highest BCUT2D eigenvalue weighted by molar-refractivity contribution is 6.31. The van der Waals surface area contributed by atoms with Gasteiger partial charge >= 0.3 is 5.97 Å². The minimum atomic E-state index is -1.00. The quantitative estimate of drug-likeness (QED) is 0.157. The normalized spacial score (nSPS) is 13.4. The molecule has 7 nitrogen and oxygen atoms in total. The van der Waals surface area contributed by atoms with E-state index in [2.05, 4.69) is 15.3 Å². The Kier molecular flexibility index (Phi) is 10.7. The number of halogens is 4. The fraction of sp³-hybridized carbons (Fsp3) is 0.156. The molecule has 2 N–H and O–H groups in total. The summed E-state index contributed by atoms with van der Waals surface area (Å²) >= 11 is 12.2. The average molecular weight is 624 g/mol. The summed E-state index contributed by atoms with van der Waals surface area (Å²) in [5.41, 5.74) is 3.90. The van der Waals surface area contributed by atoms with E-state index in [1.54, 1.807) is 36.5 Å². The molecular formula is C32H25Cl2F2N3O4. The molecular weight excluding hydrogens is 599 g/mol. The summed E-state index contributed by atoms with van der Waals surface area (Å²) < 4.78 is 26.1. The number of carbonyl (C=O) groups is 3. The standard InChI is InChI=1S/C16H12ClFN2O.C16H13ClFNO3/c17-16-13(2-1-9-19-16)12-7-8-14(21)20-15(12)10-3-5-11(18)6-4-10;17-16-13(2-1-9-19-16)12(7-8-14(20)21)15(22)10-3-5-11(18)6-4-10/h1-6,9H,7-8H2,(H,20,21);1-6,9,12H,7-8H2,(H,20,21). The van der Waals surface area contributed by atoms with Gasteiger partial charge in [-0.2, -0.15) is 0 Å². The van der Waals surface area contributed by atoms with Crippen molar-refractivity contribution in [1.29, 1.82) is 0 Å². The molecule has 1 aliphatic heterocycles. The number of aliphatic carboxylic acids is 1. The third-order valence-electron chi connectivity index (χ3n) is 6.64. The van der Waals surface area contributed by atoms with Crippen molar-refractivity contribution in [3.63, 3.8) is 0 Å². The molecule has 0 spiro atoms. The third-order valence-corrected chi connectivity index (χ3v) is 7.26. The number of pyridine rings is 2.